The number of hydrogen-bond acceptors (Lipinski definition) is 2. The third-order valence-electron chi connectivity index (χ3n) is 1.15. The van der Waals surface area contributed by atoms with Crippen LogP contribution < -0.4 is 0 Å². The van der Waals surface area contributed by atoms with E-state index in [0.717, 1.165) is 19.4 Å². The fraction of sp³-hybridized carbons (Fsp3) is 0.800. The average molecular weight is 174 g/mol. The van der Waals surface area contributed by atoms with Crippen molar-refractivity contribution in [3.8, 4) is 0 Å². The lowest BCUT2D eigenvalue weighted by Crippen LogP contribution is -2.05. The molecule has 1 aliphatic rings. The summed E-state index contributed by atoms with van der Waals surface area (Å²) in [5.74, 6) is 0. The molecule has 0 saturated carbocycles. The number of methoxy groups -OCH3 is 1. The minimum Gasteiger partial charge on any atom is -0.356 e. The van der Waals surface area contributed by atoms with Crippen LogP contribution in [-0.4, -0.2) is 20.0 Å². The minimum absolute atomic E-state index is 0.0972. The molecule has 1 aliphatic heterocycles. The molecule has 2 nitrogen and oxygen atoms in total. The van der Waals surface area contributed by atoms with E-state index in [4.69, 9.17) is 9.47 Å². The molecule has 1 saturated heterocycles. The fourth-order valence-corrected chi connectivity index (χ4v) is 0.734. The van der Waals surface area contributed by atoms with Crippen molar-refractivity contribution in [1.29, 1.82) is 0 Å². The van der Waals surface area contributed by atoms with Gasteiger partial charge in [-0.05, 0) is 13.3 Å². The van der Waals surface area contributed by atoms with Gasteiger partial charge in [-0.3, -0.25) is 0 Å². The molecular formula is C10H22O2. The molecule has 1 atom stereocenters. The first kappa shape index (κ1) is 14.2. The van der Waals surface area contributed by atoms with E-state index in [1.165, 1.54) is 0 Å². The lowest BCUT2D eigenvalue weighted by atomic mass is 10.4. The van der Waals surface area contributed by atoms with E-state index in [0.29, 0.717) is 0 Å². The predicted octanol–water partition coefficient (Wildman–Crippen LogP) is 2.99. The van der Waals surface area contributed by atoms with Crippen molar-refractivity contribution in [2.45, 2.75) is 39.9 Å². The Bertz CT molecular complexity index is 75.9. The molecule has 0 amide bonds. The standard InChI is InChI=1S/C5H10O2.C3H6.C2H6/c1-6-5-3-2-4-7-5;1-3-2;1-2/h5H,2-4H2,1H3;3H,1H2,2H3;1-2H3. The van der Waals surface area contributed by atoms with Crippen LogP contribution in [0.4, 0.5) is 0 Å². The SMILES string of the molecule is C=CC.CC.COC1CCCO1. The second-order valence-corrected chi connectivity index (χ2v) is 2.09. The lowest BCUT2D eigenvalue weighted by Gasteiger charge is -2.03. The Morgan fingerprint density at radius 1 is 1.50 bits per heavy atom. The maximum Gasteiger partial charge on any atom is 0.157 e. The fourth-order valence-electron chi connectivity index (χ4n) is 0.734. The van der Waals surface area contributed by atoms with Crippen molar-refractivity contribution in [3.63, 3.8) is 0 Å². The Morgan fingerprint density at radius 2 is 2.00 bits per heavy atom. The Kier molecular flexibility index (Phi) is 15.7. The van der Waals surface area contributed by atoms with E-state index in [2.05, 4.69) is 6.58 Å². The van der Waals surface area contributed by atoms with Crippen molar-refractivity contribution >= 4 is 0 Å². The van der Waals surface area contributed by atoms with E-state index in [1.807, 2.05) is 20.8 Å². The molecule has 0 bridgehead atoms. The van der Waals surface area contributed by atoms with Gasteiger partial charge in [0.15, 0.2) is 6.29 Å². The maximum absolute atomic E-state index is 5.08. The second kappa shape index (κ2) is 13.3. The van der Waals surface area contributed by atoms with Crippen LogP contribution in [0.5, 0.6) is 0 Å². The molecule has 0 N–H and O–H groups in total. The Labute approximate surface area is 76.6 Å². The highest BCUT2D eigenvalue weighted by Gasteiger charge is 2.12. The number of ether oxygens (including phenoxy) is 2. The van der Waals surface area contributed by atoms with Crippen LogP contribution in [0.15, 0.2) is 12.7 Å². The van der Waals surface area contributed by atoms with Crippen LogP contribution in [0.2, 0.25) is 0 Å². The first-order valence-electron chi connectivity index (χ1n) is 4.56. The molecule has 0 aromatic rings. The van der Waals surface area contributed by atoms with Gasteiger partial charge in [0.05, 0.1) is 0 Å². The van der Waals surface area contributed by atoms with Crippen LogP contribution in [0, 0.1) is 0 Å². The normalized spacial score (nSPS) is 19.8. The van der Waals surface area contributed by atoms with Crippen LogP contribution in [0.1, 0.15) is 33.6 Å². The molecule has 1 heterocycles. The van der Waals surface area contributed by atoms with Gasteiger partial charge in [-0.1, -0.05) is 19.9 Å². The Morgan fingerprint density at radius 3 is 2.17 bits per heavy atom. The van der Waals surface area contributed by atoms with Crippen molar-refractivity contribution in [2.75, 3.05) is 13.7 Å². The molecule has 0 spiro atoms. The molecular weight excluding hydrogens is 152 g/mol. The zero-order chi connectivity index (χ0) is 9.82. The highest BCUT2D eigenvalue weighted by molar-refractivity contribution is 4.52. The van der Waals surface area contributed by atoms with Crippen LogP contribution in [0.3, 0.4) is 0 Å². The summed E-state index contributed by atoms with van der Waals surface area (Å²) in [6.45, 7) is 10.1. The third-order valence-corrected chi connectivity index (χ3v) is 1.15. The molecule has 1 unspecified atom stereocenters. The molecule has 74 valence electrons. The van der Waals surface area contributed by atoms with Gasteiger partial charge in [0.25, 0.3) is 0 Å². The monoisotopic (exact) mass is 174 g/mol. The van der Waals surface area contributed by atoms with E-state index in [1.54, 1.807) is 13.2 Å². The van der Waals surface area contributed by atoms with Gasteiger partial charge >= 0.3 is 0 Å². The summed E-state index contributed by atoms with van der Waals surface area (Å²) < 4.78 is 9.97. The zero-order valence-corrected chi connectivity index (χ0v) is 8.80. The van der Waals surface area contributed by atoms with Gasteiger partial charge in [-0.15, -0.1) is 6.58 Å². The smallest absolute Gasteiger partial charge is 0.157 e. The number of rotatable bonds is 1. The summed E-state index contributed by atoms with van der Waals surface area (Å²) in [6, 6.07) is 0. The molecule has 1 rings (SSSR count). The Balaban J connectivity index is 0. The minimum atomic E-state index is 0.0972. The van der Waals surface area contributed by atoms with Crippen molar-refractivity contribution in [3.05, 3.63) is 12.7 Å². The number of allylic oxidation sites excluding steroid dienone is 1. The van der Waals surface area contributed by atoms with Gasteiger partial charge in [0.2, 0.25) is 0 Å². The van der Waals surface area contributed by atoms with Crippen molar-refractivity contribution in [1.82, 2.24) is 0 Å². The molecule has 0 aliphatic carbocycles. The van der Waals surface area contributed by atoms with Crippen LogP contribution in [0.25, 0.3) is 0 Å². The topological polar surface area (TPSA) is 18.5 Å². The molecule has 1 fully saturated rings. The quantitative estimate of drug-likeness (QED) is 0.569. The van der Waals surface area contributed by atoms with E-state index < -0.39 is 0 Å². The third kappa shape index (κ3) is 9.66. The van der Waals surface area contributed by atoms with Gasteiger partial charge in [0.1, 0.15) is 0 Å². The van der Waals surface area contributed by atoms with Gasteiger partial charge in [0, 0.05) is 20.1 Å². The first-order valence-corrected chi connectivity index (χ1v) is 4.56. The first-order chi connectivity index (χ1) is 5.85. The molecule has 2 heteroatoms. The summed E-state index contributed by atoms with van der Waals surface area (Å²) in [5.41, 5.74) is 0. The zero-order valence-electron chi connectivity index (χ0n) is 8.80. The van der Waals surface area contributed by atoms with Crippen LogP contribution in [-0.2, 0) is 9.47 Å². The van der Waals surface area contributed by atoms with E-state index in [-0.39, 0.29) is 6.29 Å². The molecule has 0 aromatic heterocycles. The van der Waals surface area contributed by atoms with E-state index in [9.17, 15) is 0 Å². The summed E-state index contributed by atoms with van der Waals surface area (Å²) in [7, 11) is 1.68. The van der Waals surface area contributed by atoms with E-state index >= 15 is 0 Å². The molecule has 12 heavy (non-hydrogen) atoms. The van der Waals surface area contributed by atoms with Crippen molar-refractivity contribution in [2.24, 2.45) is 0 Å². The summed E-state index contributed by atoms with van der Waals surface area (Å²) in [6.07, 6.45) is 4.06. The molecule has 0 radical (unpaired) electrons. The average Bonchev–Trinajstić information content (AvgIpc) is 2.61. The maximum atomic E-state index is 5.08. The lowest BCUT2D eigenvalue weighted by molar-refractivity contribution is -0.0880. The Hall–Kier alpha value is -0.340. The summed E-state index contributed by atoms with van der Waals surface area (Å²) >= 11 is 0. The van der Waals surface area contributed by atoms with Gasteiger partial charge in [-0.25, -0.2) is 0 Å². The highest BCUT2D eigenvalue weighted by atomic mass is 16.7. The summed E-state index contributed by atoms with van der Waals surface area (Å²) in [4.78, 5) is 0. The highest BCUT2D eigenvalue weighted by Crippen LogP contribution is 2.10. The van der Waals surface area contributed by atoms with Crippen molar-refractivity contribution < 1.29 is 9.47 Å². The van der Waals surface area contributed by atoms with Gasteiger partial charge < -0.3 is 9.47 Å². The largest absolute Gasteiger partial charge is 0.356 e. The van der Waals surface area contributed by atoms with Gasteiger partial charge in [-0.2, -0.15) is 0 Å². The number of hydrogen-bond donors (Lipinski definition) is 0. The molecule has 0 aromatic carbocycles. The second-order valence-electron chi connectivity index (χ2n) is 2.09. The van der Waals surface area contributed by atoms with Crippen LogP contribution >= 0.6 is 0 Å². The predicted molar refractivity (Wildman–Crippen MR) is 53.2 cm³/mol. The summed E-state index contributed by atoms with van der Waals surface area (Å²) in [5, 5.41) is 0.